The number of alkyl halides is 3. The van der Waals surface area contributed by atoms with Gasteiger partial charge in [0, 0.05) is 18.7 Å². The fourth-order valence-corrected chi connectivity index (χ4v) is 4.53. The van der Waals surface area contributed by atoms with Crippen LogP contribution in [-0.2, 0) is 17.3 Å². The van der Waals surface area contributed by atoms with Crippen LogP contribution in [0.25, 0.3) is 11.0 Å². The van der Waals surface area contributed by atoms with E-state index >= 15 is 0 Å². The lowest BCUT2D eigenvalue weighted by atomic mass is 10.1. The molecule has 0 bridgehead atoms. The van der Waals surface area contributed by atoms with Gasteiger partial charge in [-0.3, -0.25) is 9.59 Å². The Bertz CT molecular complexity index is 1370. The van der Waals surface area contributed by atoms with Crippen molar-refractivity contribution in [2.75, 3.05) is 31.6 Å². The van der Waals surface area contributed by atoms with Gasteiger partial charge in [-0.25, -0.2) is 14.3 Å². The minimum Gasteiger partial charge on any atom is -0.378 e. The van der Waals surface area contributed by atoms with Crippen LogP contribution in [0.2, 0.25) is 10.0 Å². The van der Waals surface area contributed by atoms with Gasteiger partial charge < -0.3 is 15.0 Å². The Balaban J connectivity index is 1.88. The van der Waals surface area contributed by atoms with Gasteiger partial charge in [0.2, 0.25) is 5.82 Å². The number of hydrogen-bond acceptors (Lipinski definition) is 5. The van der Waals surface area contributed by atoms with Gasteiger partial charge in [-0.2, -0.15) is 13.2 Å². The number of hydrogen-bond donors (Lipinski definition) is 1. The van der Waals surface area contributed by atoms with Crippen LogP contribution >= 0.6 is 23.2 Å². The first kappa shape index (κ1) is 25.9. The van der Waals surface area contributed by atoms with E-state index in [-0.39, 0.29) is 64.2 Å². The molecule has 190 valence electrons. The Morgan fingerprint density at radius 3 is 2.47 bits per heavy atom. The predicted molar refractivity (Wildman–Crippen MR) is 127 cm³/mol. The normalized spacial score (nSPS) is 14.2. The van der Waals surface area contributed by atoms with E-state index < -0.39 is 23.9 Å². The third-order valence-corrected chi connectivity index (χ3v) is 6.46. The molecule has 1 fully saturated rings. The number of aldehydes is 1. The number of rotatable bonds is 4. The highest BCUT2D eigenvalue weighted by Crippen LogP contribution is 2.37. The molecule has 0 spiro atoms. The van der Waals surface area contributed by atoms with E-state index in [1.54, 1.807) is 6.92 Å². The lowest BCUT2D eigenvalue weighted by molar-refractivity contribution is -0.145. The smallest absolute Gasteiger partial charge is 0.378 e. The zero-order valence-electron chi connectivity index (χ0n) is 18.8. The number of carbonyl (C=O) groups is 3. The van der Waals surface area contributed by atoms with Crippen molar-refractivity contribution >= 4 is 58.1 Å². The molecule has 3 aromatic rings. The molecule has 0 radical (unpaired) electrons. The van der Waals surface area contributed by atoms with Crippen LogP contribution in [0.4, 0.5) is 23.7 Å². The summed E-state index contributed by atoms with van der Waals surface area (Å²) in [5.74, 6) is -2.27. The molecule has 4 rings (SSSR count). The summed E-state index contributed by atoms with van der Waals surface area (Å²) in [5.41, 5.74) is -0.128. The number of amides is 2. The summed E-state index contributed by atoms with van der Waals surface area (Å²) in [6.07, 6.45) is -4.19. The number of anilines is 1. The molecule has 2 aromatic carbocycles. The number of aryl methyl sites for hydroxylation is 1. The average Bonchev–Trinajstić information content (AvgIpc) is 3.25. The predicted octanol–water partition coefficient (Wildman–Crippen LogP) is 5.29. The van der Waals surface area contributed by atoms with Gasteiger partial charge in [0.15, 0.2) is 6.29 Å². The Kier molecular flexibility index (Phi) is 7.26. The van der Waals surface area contributed by atoms with Crippen molar-refractivity contribution in [3.63, 3.8) is 0 Å². The lowest BCUT2D eigenvalue weighted by Crippen LogP contribution is -2.43. The molecule has 13 heteroatoms. The highest BCUT2D eigenvalue weighted by molar-refractivity contribution is 6.41. The number of fused-ring (bicyclic) bond motifs is 1. The first-order chi connectivity index (χ1) is 17.1. The van der Waals surface area contributed by atoms with E-state index in [4.69, 9.17) is 27.9 Å². The summed E-state index contributed by atoms with van der Waals surface area (Å²) in [5, 5.41) is 2.29. The van der Waals surface area contributed by atoms with E-state index in [2.05, 4.69) is 10.3 Å². The quantitative estimate of drug-likeness (QED) is 0.452. The van der Waals surface area contributed by atoms with Crippen molar-refractivity contribution in [2.24, 2.45) is 0 Å². The zero-order chi connectivity index (χ0) is 26.2. The maximum atomic E-state index is 14.0. The zero-order valence-corrected chi connectivity index (χ0v) is 20.3. The van der Waals surface area contributed by atoms with Crippen molar-refractivity contribution in [3.05, 3.63) is 56.8 Å². The molecule has 2 amide bonds. The second-order valence-corrected chi connectivity index (χ2v) is 8.65. The number of ether oxygens (including phenoxy) is 1. The van der Waals surface area contributed by atoms with Crippen LogP contribution in [0.15, 0.2) is 24.3 Å². The van der Waals surface area contributed by atoms with Crippen LogP contribution in [0, 0.1) is 0 Å². The van der Waals surface area contributed by atoms with Crippen LogP contribution in [0.5, 0.6) is 0 Å². The van der Waals surface area contributed by atoms with Gasteiger partial charge in [0.25, 0.3) is 5.91 Å². The SMILES string of the molecule is CCc1ccc2c(nc(C(F)(F)F)n2C(=O)N2CCOCC2)c1NC(=O)c1c(Cl)ccc(C=O)c1Cl. The molecule has 0 atom stereocenters. The van der Waals surface area contributed by atoms with Gasteiger partial charge in [0.1, 0.15) is 5.52 Å². The van der Waals surface area contributed by atoms with Crippen LogP contribution in [-0.4, -0.2) is 59.0 Å². The van der Waals surface area contributed by atoms with E-state index in [0.29, 0.717) is 22.8 Å². The van der Waals surface area contributed by atoms with Crippen molar-refractivity contribution < 1.29 is 32.3 Å². The Morgan fingerprint density at radius 1 is 1.17 bits per heavy atom. The number of carbonyl (C=O) groups excluding carboxylic acids is 3. The summed E-state index contributed by atoms with van der Waals surface area (Å²) in [7, 11) is 0. The van der Waals surface area contributed by atoms with Gasteiger partial charge in [0.05, 0.1) is 40.0 Å². The van der Waals surface area contributed by atoms with E-state index in [9.17, 15) is 27.6 Å². The molecular formula is C23H19Cl2F3N4O4. The monoisotopic (exact) mass is 542 g/mol. The minimum absolute atomic E-state index is 0.0138. The minimum atomic E-state index is -4.96. The number of benzene rings is 2. The van der Waals surface area contributed by atoms with Crippen LogP contribution in [0.1, 0.15) is 39.0 Å². The molecular weight excluding hydrogens is 524 g/mol. The third kappa shape index (κ3) is 4.65. The van der Waals surface area contributed by atoms with Gasteiger partial charge >= 0.3 is 12.2 Å². The Labute approximate surface area is 212 Å². The molecule has 1 aliphatic heterocycles. The largest absolute Gasteiger partial charge is 0.450 e. The first-order valence-corrected chi connectivity index (χ1v) is 11.6. The molecule has 1 N–H and O–H groups in total. The van der Waals surface area contributed by atoms with E-state index in [0.717, 1.165) is 0 Å². The topological polar surface area (TPSA) is 93.5 Å². The summed E-state index contributed by atoms with van der Waals surface area (Å²) < 4.78 is 47.7. The van der Waals surface area contributed by atoms with Crippen molar-refractivity contribution in [1.29, 1.82) is 0 Å². The molecule has 0 saturated carbocycles. The molecule has 1 saturated heterocycles. The fraction of sp³-hybridized carbons (Fsp3) is 0.304. The maximum absolute atomic E-state index is 14.0. The first-order valence-electron chi connectivity index (χ1n) is 10.8. The number of halogens is 5. The van der Waals surface area contributed by atoms with Crippen LogP contribution in [0.3, 0.4) is 0 Å². The maximum Gasteiger partial charge on any atom is 0.450 e. The van der Waals surface area contributed by atoms with Crippen molar-refractivity contribution in [2.45, 2.75) is 19.5 Å². The second-order valence-electron chi connectivity index (χ2n) is 7.87. The third-order valence-electron chi connectivity index (χ3n) is 5.73. The number of morpholine rings is 1. The summed E-state index contributed by atoms with van der Waals surface area (Å²) in [6, 6.07) is 4.61. The summed E-state index contributed by atoms with van der Waals surface area (Å²) >= 11 is 12.3. The average molecular weight is 543 g/mol. The molecule has 36 heavy (non-hydrogen) atoms. The molecule has 0 aliphatic carbocycles. The van der Waals surface area contributed by atoms with Crippen molar-refractivity contribution in [3.8, 4) is 0 Å². The Hall–Kier alpha value is -3.15. The number of imidazole rings is 1. The van der Waals surface area contributed by atoms with E-state index in [1.807, 2.05) is 0 Å². The molecule has 0 unspecified atom stereocenters. The van der Waals surface area contributed by atoms with Gasteiger partial charge in [-0.1, -0.05) is 36.2 Å². The van der Waals surface area contributed by atoms with E-state index in [1.165, 1.54) is 29.2 Å². The van der Waals surface area contributed by atoms with Crippen LogP contribution < -0.4 is 5.32 Å². The van der Waals surface area contributed by atoms with Gasteiger partial charge in [-0.05, 0) is 30.2 Å². The summed E-state index contributed by atoms with van der Waals surface area (Å²) in [4.78, 5) is 42.6. The summed E-state index contributed by atoms with van der Waals surface area (Å²) in [6.45, 7) is 2.38. The highest BCUT2D eigenvalue weighted by atomic mass is 35.5. The number of nitrogens with zero attached hydrogens (tertiary/aromatic N) is 3. The highest BCUT2D eigenvalue weighted by Gasteiger charge is 2.41. The molecule has 1 aliphatic rings. The number of nitrogens with one attached hydrogen (secondary N) is 1. The second kappa shape index (κ2) is 10.1. The molecule has 2 heterocycles. The van der Waals surface area contributed by atoms with Crippen molar-refractivity contribution in [1.82, 2.24) is 14.5 Å². The standard InChI is InChI=1S/C23H19Cl2F3N4O4/c1-2-12-4-6-15-19(18(12)29-20(34)16-14(24)5-3-13(11-33)17(16)25)30-21(23(26,27)28)32(15)22(35)31-7-9-36-10-8-31/h3-6,11H,2,7-10H2,1H3,(H,29,34). The Morgan fingerprint density at radius 2 is 1.86 bits per heavy atom. The lowest BCUT2D eigenvalue weighted by Gasteiger charge is -2.27. The number of aromatic nitrogens is 2. The van der Waals surface area contributed by atoms with Gasteiger partial charge in [-0.15, -0.1) is 0 Å². The molecule has 8 nitrogen and oxygen atoms in total. The fourth-order valence-electron chi connectivity index (χ4n) is 3.94. The molecule has 1 aromatic heterocycles.